The maximum atomic E-state index is 13.1. The lowest BCUT2D eigenvalue weighted by Gasteiger charge is -2.26. The minimum absolute atomic E-state index is 0.114. The minimum Gasteiger partial charge on any atom is -0.507 e. The number of carbonyl (C=O) groups excluding carboxylic acids is 2. The molecule has 4 rings (SSSR count). The molecule has 0 bridgehead atoms. The summed E-state index contributed by atoms with van der Waals surface area (Å²) in [5, 5.41) is 13.2. The number of rotatable bonds is 6. The molecule has 1 aliphatic rings. The van der Waals surface area contributed by atoms with Crippen molar-refractivity contribution in [3.05, 3.63) is 83.4 Å². The summed E-state index contributed by atoms with van der Waals surface area (Å²) in [6.07, 6.45) is 0.703. The van der Waals surface area contributed by atoms with Crippen LogP contribution >= 0.6 is 0 Å². The van der Waals surface area contributed by atoms with Gasteiger partial charge in [0.25, 0.3) is 11.7 Å². The first-order valence-corrected chi connectivity index (χ1v) is 10.6. The zero-order valence-electron chi connectivity index (χ0n) is 17.7. The van der Waals surface area contributed by atoms with Crippen molar-refractivity contribution < 1.29 is 19.4 Å². The molecular weight excluding hydrogens is 390 g/mol. The van der Waals surface area contributed by atoms with Crippen LogP contribution in [0, 0.1) is 0 Å². The third-order valence-electron chi connectivity index (χ3n) is 5.54. The number of nitrogens with zero attached hydrogens (tertiary/aromatic N) is 1. The van der Waals surface area contributed by atoms with Gasteiger partial charge in [-0.1, -0.05) is 61.5 Å². The lowest BCUT2D eigenvalue weighted by Crippen LogP contribution is -2.30. The number of hydrogen-bond donors (Lipinski definition) is 1. The van der Waals surface area contributed by atoms with Crippen molar-refractivity contribution in [2.24, 2.45) is 0 Å². The second kappa shape index (κ2) is 8.64. The molecule has 5 heteroatoms. The van der Waals surface area contributed by atoms with Gasteiger partial charge in [-0.15, -0.1) is 0 Å². The Hall–Kier alpha value is -3.60. The van der Waals surface area contributed by atoms with Gasteiger partial charge in [0.2, 0.25) is 0 Å². The monoisotopic (exact) mass is 415 g/mol. The largest absolute Gasteiger partial charge is 0.507 e. The maximum absolute atomic E-state index is 13.1. The highest BCUT2D eigenvalue weighted by Crippen LogP contribution is 2.42. The van der Waals surface area contributed by atoms with Crippen LogP contribution in [-0.4, -0.2) is 34.8 Å². The standard InChI is InChI=1S/C26H25NO4/c1-3-15-27-23(21-14-8-10-17-9-5-6-13-20(17)21)22(25(29)26(27)30)24(28)18-11-7-12-19(16-18)31-4-2/h5-14,16,23,28H,3-4,15H2,1-2H3/b24-22-. The Morgan fingerprint density at radius 3 is 2.52 bits per heavy atom. The van der Waals surface area contributed by atoms with Gasteiger partial charge in [0.15, 0.2) is 0 Å². The van der Waals surface area contributed by atoms with E-state index in [1.54, 1.807) is 29.2 Å². The van der Waals surface area contributed by atoms with Crippen molar-refractivity contribution in [3.8, 4) is 5.75 Å². The highest BCUT2D eigenvalue weighted by molar-refractivity contribution is 6.46. The van der Waals surface area contributed by atoms with E-state index in [1.165, 1.54) is 0 Å². The summed E-state index contributed by atoms with van der Waals surface area (Å²) in [6.45, 7) is 4.75. The third kappa shape index (κ3) is 3.67. The number of carbonyl (C=O) groups is 2. The van der Waals surface area contributed by atoms with E-state index in [2.05, 4.69) is 0 Å². The predicted octanol–water partition coefficient (Wildman–Crippen LogP) is 5.07. The molecule has 1 atom stereocenters. The number of likely N-dealkylation sites (tertiary alicyclic amines) is 1. The Morgan fingerprint density at radius 1 is 1.00 bits per heavy atom. The molecule has 1 N–H and O–H groups in total. The number of benzene rings is 3. The lowest BCUT2D eigenvalue weighted by atomic mass is 9.91. The fourth-order valence-corrected chi connectivity index (χ4v) is 4.22. The molecule has 0 saturated carbocycles. The number of amides is 1. The van der Waals surface area contributed by atoms with Gasteiger partial charge in [-0.2, -0.15) is 0 Å². The average molecular weight is 415 g/mol. The Labute approximate surface area is 181 Å². The second-order valence-corrected chi connectivity index (χ2v) is 7.52. The summed E-state index contributed by atoms with van der Waals surface area (Å²) in [5.41, 5.74) is 1.39. The van der Waals surface area contributed by atoms with Crippen LogP contribution in [0.5, 0.6) is 5.75 Å². The van der Waals surface area contributed by atoms with E-state index in [1.807, 2.05) is 56.3 Å². The van der Waals surface area contributed by atoms with E-state index in [-0.39, 0.29) is 11.3 Å². The van der Waals surface area contributed by atoms with Gasteiger partial charge >= 0.3 is 0 Å². The molecule has 1 unspecified atom stereocenters. The van der Waals surface area contributed by atoms with Gasteiger partial charge in [0.05, 0.1) is 18.2 Å². The van der Waals surface area contributed by atoms with Crippen LogP contribution in [-0.2, 0) is 9.59 Å². The zero-order valence-corrected chi connectivity index (χ0v) is 17.7. The van der Waals surface area contributed by atoms with E-state index >= 15 is 0 Å². The van der Waals surface area contributed by atoms with Gasteiger partial charge in [0.1, 0.15) is 11.5 Å². The van der Waals surface area contributed by atoms with Gasteiger partial charge < -0.3 is 14.7 Å². The van der Waals surface area contributed by atoms with Crippen molar-refractivity contribution in [3.63, 3.8) is 0 Å². The molecule has 1 fully saturated rings. The number of hydrogen-bond acceptors (Lipinski definition) is 4. The second-order valence-electron chi connectivity index (χ2n) is 7.52. The maximum Gasteiger partial charge on any atom is 0.295 e. The molecule has 1 amide bonds. The molecule has 1 aliphatic heterocycles. The molecule has 0 spiro atoms. The predicted molar refractivity (Wildman–Crippen MR) is 121 cm³/mol. The smallest absolute Gasteiger partial charge is 0.295 e. The first kappa shape index (κ1) is 20.7. The summed E-state index contributed by atoms with van der Waals surface area (Å²) in [4.78, 5) is 27.6. The molecule has 0 aliphatic carbocycles. The molecule has 3 aromatic rings. The number of aliphatic hydroxyl groups excluding tert-OH is 1. The van der Waals surface area contributed by atoms with Crippen LogP contribution in [0.2, 0.25) is 0 Å². The van der Waals surface area contributed by atoms with Crippen molar-refractivity contribution in [1.29, 1.82) is 0 Å². The number of Topliss-reactive ketones (excluding diaryl/α,β-unsaturated/α-hetero) is 1. The minimum atomic E-state index is -0.661. The fourth-order valence-electron chi connectivity index (χ4n) is 4.22. The molecular formula is C26H25NO4. The zero-order chi connectivity index (χ0) is 22.0. The van der Waals surface area contributed by atoms with Gasteiger partial charge in [0, 0.05) is 12.1 Å². The summed E-state index contributed by atoms with van der Waals surface area (Å²) < 4.78 is 5.54. The summed E-state index contributed by atoms with van der Waals surface area (Å²) in [7, 11) is 0. The molecule has 1 heterocycles. The number of ether oxygens (including phenoxy) is 1. The summed E-state index contributed by atoms with van der Waals surface area (Å²) in [6, 6.07) is 20.0. The molecule has 31 heavy (non-hydrogen) atoms. The van der Waals surface area contributed by atoms with Crippen LogP contribution < -0.4 is 4.74 Å². The van der Waals surface area contributed by atoms with Crippen LogP contribution in [0.4, 0.5) is 0 Å². The van der Waals surface area contributed by atoms with E-state index in [4.69, 9.17) is 4.74 Å². The Morgan fingerprint density at radius 2 is 1.74 bits per heavy atom. The molecule has 0 aromatic heterocycles. The van der Waals surface area contributed by atoms with Crippen molar-refractivity contribution >= 4 is 28.2 Å². The first-order valence-electron chi connectivity index (χ1n) is 10.6. The molecule has 5 nitrogen and oxygen atoms in total. The summed E-state index contributed by atoms with van der Waals surface area (Å²) in [5.74, 6) is -0.833. The van der Waals surface area contributed by atoms with Crippen molar-refractivity contribution in [2.75, 3.05) is 13.2 Å². The normalized spacial score (nSPS) is 18.0. The molecule has 0 radical (unpaired) electrons. The van der Waals surface area contributed by atoms with E-state index in [0.29, 0.717) is 30.9 Å². The highest BCUT2D eigenvalue weighted by atomic mass is 16.5. The number of aliphatic hydroxyl groups is 1. The molecule has 3 aromatic carbocycles. The van der Waals surface area contributed by atoms with Gasteiger partial charge in [-0.05, 0) is 41.8 Å². The van der Waals surface area contributed by atoms with E-state index < -0.39 is 17.7 Å². The first-order chi connectivity index (χ1) is 15.1. The highest BCUT2D eigenvalue weighted by Gasteiger charge is 2.46. The quantitative estimate of drug-likeness (QED) is 0.347. The lowest BCUT2D eigenvalue weighted by molar-refractivity contribution is -0.139. The average Bonchev–Trinajstić information content (AvgIpc) is 3.04. The van der Waals surface area contributed by atoms with Crippen LogP contribution in [0.3, 0.4) is 0 Å². The topological polar surface area (TPSA) is 66.8 Å². The Balaban J connectivity index is 1.94. The third-order valence-corrected chi connectivity index (χ3v) is 5.54. The number of ketones is 1. The van der Waals surface area contributed by atoms with Crippen LogP contribution in [0.15, 0.2) is 72.3 Å². The fraction of sp³-hybridized carbons (Fsp3) is 0.231. The van der Waals surface area contributed by atoms with E-state index in [9.17, 15) is 14.7 Å². The Bertz CT molecular complexity index is 1180. The SMILES string of the molecule is CCCN1C(=O)C(=O)/C(=C(\O)c2cccc(OCC)c2)C1c1cccc2ccccc12. The Kier molecular flexibility index (Phi) is 5.76. The van der Waals surface area contributed by atoms with Crippen LogP contribution in [0.25, 0.3) is 16.5 Å². The molecule has 158 valence electrons. The van der Waals surface area contributed by atoms with Gasteiger partial charge in [-0.25, -0.2) is 0 Å². The number of fused-ring (bicyclic) bond motifs is 1. The van der Waals surface area contributed by atoms with Crippen LogP contribution in [0.1, 0.15) is 37.4 Å². The van der Waals surface area contributed by atoms with Crippen molar-refractivity contribution in [2.45, 2.75) is 26.3 Å². The summed E-state index contributed by atoms with van der Waals surface area (Å²) >= 11 is 0. The van der Waals surface area contributed by atoms with Crippen molar-refractivity contribution in [1.82, 2.24) is 4.90 Å². The van der Waals surface area contributed by atoms with Gasteiger partial charge in [-0.3, -0.25) is 9.59 Å². The van der Waals surface area contributed by atoms with E-state index in [0.717, 1.165) is 16.3 Å². The molecule has 1 saturated heterocycles.